The quantitative estimate of drug-likeness (QED) is 0.0539. The standard InChI is InChI=1S/C27H31N9O3.C26H28N8O4.C25H23N9O3.C22H22N8O3/c1-33-10-12-35(13-11-33)23-5-2-17(14-30-23)20-3-4-21-24(31-20)25-19(15-29-21)26(38)32-27(39)36(25)18-6-8-34(9-7-18)16-22(28)37;27-21(35)15-32-7-5-17(6-8-32)34-24-18(25(36)31-26(34)37)14-28-20-3-2-19(30-23(20)24)16-1-4-22(29-13-16)33-9-11-38-12-10-33;26-20(35)14-32-10-6-16(7-11-32)34-23-17(24(36)31-25(34)37)13-27-19-4-3-18(30-22(19)23)15-2-5-21(28-12-15)33-9-1-8-29-33;1-12-24-8-13(9-25-12)16-2-3-17-19(27-16)20-15(10-26-17)21(32)28-22(33)30(20)14-4-6-29(7-5-14)11-18(23)31/h2-5,14-15,18H,6-13,16H2,1H3,(H2,28,37)(H,32,38,39);1-4,13-14,17H,5-12,15H2,(H2,27,35)(H,31,36,37);1-5,8-9,12-13,16H,6-7,10-11,14H2,(H2,26,35)(H,31,36,37);2-3,8-10,14H,4-7,11H2,1H3,(H2,23,31)(H,28,32,33). The number of hydrogen-bond acceptors (Lipinski definition) is 34. The van der Waals surface area contributed by atoms with E-state index in [1.54, 1.807) is 60.9 Å². The Morgan fingerprint density at radius 2 is 0.619 bits per heavy atom. The maximum absolute atomic E-state index is 13.2. The highest BCUT2D eigenvalue weighted by Gasteiger charge is 2.33. The smallest absolute Gasteiger partial charge is 0.329 e. The summed E-state index contributed by atoms with van der Waals surface area (Å²) in [5, 5.41) is 5.41. The fraction of sp³-hybridized carbons (Fsp3) is 0.340. The largest absolute Gasteiger partial charge is 0.378 e. The number of amides is 4. The summed E-state index contributed by atoms with van der Waals surface area (Å²) in [5.74, 6) is 1.62. The molecule has 147 heavy (non-hydrogen) atoms. The van der Waals surface area contributed by atoms with Crippen LogP contribution < -0.4 is 77.7 Å². The predicted octanol–water partition coefficient (Wildman–Crippen LogP) is 2.75. The van der Waals surface area contributed by atoms with Crippen LogP contribution in [0.3, 0.4) is 0 Å². The maximum atomic E-state index is 13.2. The zero-order chi connectivity index (χ0) is 102. The summed E-state index contributed by atoms with van der Waals surface area (Å²) in [6.07, 6.45) is 23.1. The average molecular weight is 1990 g/mol. The van der Waals surface area contributed by atoms with Gasteiger partial charge in [0.1, 0.15) is 39.5 Å². The van der Waals surface area contributed by atoms with Crippen LogP contribution in [0, 0.1) is 6.92 Å². The van der Waals surface area contributed by atoms with E-state index in [4.69, 9.17) is 52.6 Å². The number of pyridine rings is 11. The van der Waals surface area contributed by atoms with Crippen LogP contribution in [0.1, 0.15) is 81.4 Å². The SMILES string of the molecule is CN1CCN(c2ccc(-c3ccc4ncc5c(=O)[nH]c(=O)n(C6CCN(CC(N)=O)CC6)c5c4n3)cn2)CC1.Cc1ncc(-c2ccc3ncc4c(=O)[nH]c(=O)n(C5CCN(CC(N)=O)CC5)c4c3n2)cn1.NC(=O)CN1CCC(n2c(=O)[nH]c(=O)c3cnc4ccc(-c5ccc(-n6cccn6)nc5)nc4c32)CC1.NC(=O)CN1CCC(n2c(=O)[nH]c(=O)c3cnc4ccc(-c5ccc(N6CCOCC6)nc5)nc4c32)CC1. The number of piperazine rings is 1. The Morgan fingerprint density at radius 1 is 0.333 bits per heavy atom. The molecule has 0 atom stereocenters. The number of anilines is 2. The van der Waals surface area contributed by atoms with Crippen LogP contribution in [0.15, 0.2) is 198 Å². The first-order valence-electron chi connectivity index (χ1n) is 48.5. The molecule has 23 heterocycles. The Kier molecular flexibility index (Phi) is 27.9. The number of hydrogen-bond donors (Lipinski definition) is 8. The molecular weight excluding hydrogens is 1890 g/mol. The number of aromatic nitrogens is 23. The maximum Gasteiger partial charge on any atom is 0.329 e. The molecule has 0 unspecified atom stereocenters. The molecule has 47 heteroatoms. The molecule has 17 aromatic heterocycles. The lowest BCUT2D eigenvalue weighted by atomic mass is 10.0. The van der Waals surface area contributed by atoms with E-state index in [2.05, 4.69) is 86.7 Å². The van der Waals surface area contributed by atoms with E-state index in [1.165, 1.54) is 24.8 Å². The Hall–Kier alpha value is -17.0. The Morgan fingerprint density at radius 3 is 0.898 bits per heavy atom. The number of ether oxygens (including phenoxy) is 1. The van der Waals surface area contributed by atoms with Crippen molar-refractivity contribution in [3.8, 4) is 50.8 Å². The summed E-state index contributed by atoms with van der Waals surface area (Å²) in [6.45, 7) is 14.3. The van der Waals surface area contributed by atoms with Gasteiger partial charge >= 0.3 is 22.8 Å². The molecule has 47 nitrogen and oxygen atoms in total. The summed E-state index contributed by atoms with van der Waals surface area (Å²) in [5.41, 5.74) is 29.3. The summed E-state index contributed by atoms with van der Waals surface area (Å²) in [4.78, 5) is 232. The van der Waals surface area contributed by atoms with Gasteiger partial charge < -0.3 is 42.4 Å². The van der Waals surface area contributed by atoms with Crippen molar-refractivity contribution in [1.82, 2.24) is 137 Å². The molecule has 6 aliphatic heterocycles. The van der Waals surface area contributed by atoms with Crippen molar-refractivity contribution in [2.24, 2.45) is 22.9 Å². The van der Waals surface area contributed by atoms with Gasteiger partial charge in [-0.15, -0.1) is 0 Å². The van der Waals surface area contributed by atoms with Gasteiger partial charge in [-0.25, -0.2) is 68.7 Å². The van der Waals surface area contributed by atoms with Crippen LogP contribution in [0.2, 0.25) is 0 Å². The zero-order valence-electron chi connectivity index (χ0n) is 80.4. The Labute approximate surface area is 832 Å². The lowest BCUT2D eigenvalue weighted by molar-refractivity contribution is -0.120. The van der Waals surface area contributed by atoms with Gasteiger partial charge in [0.2, 0.25) is 23.6 Å². The van der Waals surface area contributed by atoms with Crippen molar-refractivity contribution < 1.29 is 23.9 Å². The van der Waals surface area contributed by atoms with Crippen LogP contribution in [0.5, 0.6) is 0 Å². The number of carbonyl (C=O) groups excluding carboxylic acids is 4. The number of likely N-dealkylation sites (N-methyl/N-ethyl adjacent to an activating group) is 1. The van der Waals surface area contributed by atoms with Crippen molar-refractivity contribution >= 4 is 123 Å². The minimum absolute atomic E-state index is 0.165. The molecule has 0 bridgehead atoms. The van der Waals surface area contributed by atoms with Crippen LogP contribution in [-0.2, 0) is 23.9 Å². The number of nitrogens with one attached hydrogen (secondary N) is 4. The van der Waals surface area contributed by atoms with Crippen molar-refractivity contribution in [1.29, 1.82) is 0 Å². The highest BCUT2D eigenvalue weighted by molar-refractivity contribution is 6.04. The Balaban J connectivity index is 0.000000119. The number of aryl methyl sites for hydroxylation is 1. The highest BCUT2D eigenvalue weighted by Crippen LogP contribution is 2.36. The third kappa shape index (κ3) is 20.8. The van der Waals surface area contributed by atoms with Gasteiger partial charge in [-0.05, 0) is 156 Å². The van der Waals surface area contributed by atoms with E-state index < -0.39 is 45.0 Å². The van der Waals surface area contributed by atoms with Crippen molar-refractivity contribution in [2.45, 2.75) is 82.5 Å². The van der Waals surface area contributed by atoms with Gasteiger partial charge in [0.25, 0.3) is 22.2 Å². The van der Waals surface area contributed by atoms with Crippen LogP contribution >= 0.6 is 0 Å². The number of nitrogens with zero attached hydrogens (tertiary/aromatic N) is 26. The molecule has 0 aliphatic carbocycles. The van der Waals surface area contributed by atoms with Gasteiger partial charge in [-0.1, -0.05) is 0 Å². The van der Waals surface area contributed by atoms with Crippen molar-refractivity contribution in [2.75, 3.05) is 148 Å². The topological polar surface area (TPSA) is 609 Å². The van der Waals surface area contributed by atoms with E-state index in [-0.39, 0.29) is 74.0 Å². The number of piperidine rings is 4. The third-order valence-corrected chi connectivity index (χ3v) is 27.8. The number of primary amides is 4. The van der Waals surface area contributed by atoms with Crippen LogP contribution in [0.4, 0.5) is 11.6 Å². The lowest BCUT2D eigenvalue weighted by Crippen LogP contribution is -2.44. The first-order chi connectivity index (χ1) is 71.2. The van der Waals surface area contributed by atoms with E-state index in [1.807, 2.05) is 123 Å². The van der Waals surface area contributed by atoms with Crippen LogP contribution in [0.25, 0.3) is 139 Å². The summed E-state index contributed by atoms with van der Waals surface area (Å²) in [7, 11) is 2.12. The fourth-order valence-corrected chi connectivity index (χ4v) is 20.3. The van der Waals surface area contributed by atoms with E-state index in [9.17, 15) is 57.5 Å². The number of rotatable bonds is 19. The molecule has 23 rings (SSSR count). The average Bonchev–Trinajstić information content (AvgIpc) is 1.32. The second kappa shape index (κ2) is 42.1. The molecule has 0 saturated carbocycles. The van der Waals surface area contributed by atoms with Gasteiger partial charge in [0, 0.05) is 206 Å². The zero-order valence-corrected chi connectivity index (χ0v) is 80.4. The lowest BCUT2D eigenvalue weighted by Gasteiger charge is -2.33. The molecule has 17 aromatic rings. The van der Waals surface area contributed by atoms with Gasteiger partial charge in [0.15, 0.2) is 5.82 Å². The second-order valence-electron chi connectivity index (χ2n) is 37.3. The van der Waals surface area contributed by atoms with Gasteiger partial charge in [-0.3, -0.25) is 116 Å². The van der Waals surface area contributed by atoms with E-state index in [0.717, 1.165) is 73.2 Å². The number of likely N-dealkylation sites (tertiary alicyclic amines) is 4. The number of fused-ring (bicyclic) bond motifs is 12. The molecule has 12 N–H and O–H groups in total. The Bertz CT molecular complexity index is 8450. The number of nitrogens with two attached hydrogens (primary N) is 4. The summed E-state index contributed by atoms with van der Waals surface area (Å²) < 4.78 is 13.6. The van der Waals surface area contributed by atoms with E-state index >= 15 is 0 Å². The minimum Gasteiger partial charge on any atom is -0.378 e. The molecule has 6 aliphatic rings. The molecular formula is C100H104N34O13. The summed E-state index contributed by atoms with van der Waals surface area (Å²) >= 11 is 0. The van der Waals surface area contributed by atoms with Crippen molar-refractivity contribution in [3.63, 3.8) is 0 Å². The molecule has 6 fully saturated rings. The predicted molar refractivity (Wildman–Crippen MR) is 549 cm³/mol. The number of morpholine rings is 1. The minimum atomic E-state index is -0.505. The third-order valence-electron chi connectivity index (χ3n) is 27.8. The van der Waals surface area contributed by atoms with Crippen LogP contribution in [-0.4, -0.2) is 299 Å². The number of aromatic amines is 4. The second-order valence-corrected chi connectivity index (χ2v) is 37.3. The van der Waals surface area contributed by atoms with Gasteiger partial charge in [-0.2, -0.15) is 5.10 Å². The summed E-state index contributed by atoms with van der Waals surface area (Å²) in [6, 6.07) is 27.6. The van der Waals surface area contributed by atoms with E-state index in [0.29, 0.717) is 239 Å². The fourth-order valence-electron chi connectivity index (χ4n) is 20.3. The first-order valence-corrected chi connectivity index (χ1v) is 48.5. The number of carbonyl (C=O) groups is 4. The molecule has 0 spiro atoms. The van der Waals surface area contributed by atoms with Crippen molar-refractivity contribution in [3.05, 3.63) is 248 Å². The normalized spacial score (nSPS) is 16.4. The number of H-pyrrole nitrogens is 4. The molecule has 0 aromatic carbocycles. The molecule has 6 saturated heterocycles. The molecule has 0 radical (unpaired) electrons. The monoisotopic (exact) mass is 1990 g/mol. The van der Waals surface area contributed by atoms with Gasteiger partial charge in [0.05, 0.1) is 128 Å². The molecule has 752 valence electrons. The first kappa shape index (κ1) is 97.4. The molecule has 4 amide bonds. The highest BCUT2D eigenvalue weighted by atomic mass is 16.5.